The topological polar surface area (TPSA) is 212 Å². The van der Waals surface area contributed by atoms with Gasteiger partial charge in [0.1, 0.15) is 30.5 Å². The van der Waals surface area contributed by atoms with Crippen LogP contribution in [-0.4, -0.2) is 107 Å². The van der Waals surface area contributed by atoms with Crippen LogP contribution >= 0.6 is 0 Å². The van der Waals surface area contributed by atoms with E-state index in [9.17, 15) is 38.7 Å². The SMILES string of the molecule is CCCC/C=C\CCCCCC(O)C(=O)NC(COC1OC(CO)C(O)C(OS(=O)(=O)O)C1O)C(O)/C=C/CCCCCCCCCCCCCC. The van der Waals surface area contributed by atoms with E-state index in [0.29, 0.717) is 12.8 Å². The van der Waals surface area contributed by atoms with Crippen LogP contribution in [-0.2, 0) is 28.9 Å². The number of carbonyl (C=O) groups excluding carboxylic acids is 1. The lowest BCUT2D eigenvalue weighted by Crippen LogP contribution is -2.61. The number of unbranched alkanes of at least 4 members (excludes halogenated alkanes) is 17. The van der Waals surface area contributed by atoms with Gasteiger partial charge in [0.25, 0.3) is 0 Å². The number of amides is 1. The largest absolute Gasteiger partial charge is 0.397 e. The second kappa shape index (κ2) is 29.8. The van der Waals surface area contributed by atoms with Gasteiger partial charge in [-0.2, -0.15) is 8.42 Å². The second-order valence-corrected chi connectivity index (χ2v) is 15.1. The molecule has 0 spiro atoms. The average Bonchev–Trinajstić information content (AvgIpc) is 3.11. The first-order chi connectivity index (χ1) is 24.9. The fraction of sp³-hybridized carbons (Fsp3) is 0.868. The van der Waals surface area contributed by atoms with Crippen molar-refractivity contribution >= 4 is 16.3 Å². The molecule has 1 rings (SSSR count). The minimum atomic E-state index is -5.11. The Labute approximate surface area is 313 Å². The Bertz CT molecular complexity index is 1060. The normalized spacial score (nSPS) is 23.0. The first-order valence-electron chi connectivity index (χ1n) is 19.8. The maximum Gasteiger partial charge on any atom is 0.397 e. The van der Waals surface area contributed by atoms with Crippen molar-refractivity contribution in [1.29, 1.82) is 0 Å². The molecule has 1 aliphatic rings. The maximum atomic E-state index is 13.0. The van der Waals surface area contributed by atoms with E-state index in [-0.39, 0.29) is 6.42 Å². The van der Waals surface area contributed by atoms with E-state index >= 15 is 0 Å². The summed E-state index contributed by atoms with van der Waals surface area (Å²) in [6, 6.07) is -1.12. The van der Waals surface area contributed by atoms with Crippen LogP contribution in [0.25, 0.3) is 0 Å². The molecule has 52 heavy (non-hydrogen) atoms. The summed E-state index contributed by atoms with van der Waals surface area (Å²) >= 11 is 0. The number of ether oxygens (including phenoxy) is 2. The van der Waals surface area contributed by atoms with Crippen LogP contribution < -0.4 is 5.32 Å². The predicted octanol–water partition coefficient (Wildman–Crippen LogP) is 5.18. The van der Waals surface area contributed by atoms with Gasteiger partial charge in [-0.1, -0.05) is 134 Å². The van der Waals surface area contributed by atoms with Crippen LogP contribution in [0.5, 0.6) is 0 Å². The molecule has 1 heterocycles. The number of carbonyl (C=O) groups is 1. The third-order valence-corrected chi connectivity index (χ3v) is 9.80. The lowest BCUT2D eigenvalue weighted by atomic mass is 9.99. The van der Waals surface area contributed by atoms with E-state index in [1.54, 1.807) is 0 Å². The molecule has 1 fully saturated rings. The zero-order valence-corrected chi connectivity index (χ0v) is 32.5. The van der Waals surface area contributed by atoms with Crippen molar-refractivity contribution in [3.63, 3.8) is 0 Å². The molecule has 0 aromatic heterocycles. The number of hydrogen-bond donors (Lipinski definition) is 7. The van der Waals surface area contributed by atoms with E-state index in [1.807, 2.05) is 6.08 Å². The first-order valence-corrected chi connectivity index (χ1v) is 21.2. The summed E-state index contributed by atoms with van der Waals surface area (Å²) in [5.41, 5.74) is 0. The van der Waals surface area contributed by atoms with Crippen molar-refractivity contribution in [1.82, 2.24) is 5.32 Å². The third kappa shape index (κ3) is 22.7. The van der Waals surface area contributed by atoms with Gasteiger partial charge in [-0.15, -0.1) is 0 Å². The molecule has 1 aliphatic heterocycles. The van der Waals surface area contributed by atoms with Crippen LogP contribution in [0.1, 0.15) is 149 Å². The number of nitrogens with one attached hydrogen (secondary N) is 1. The summed E-state index contributed by atoms with van der Waals surface area (Å²) in [4.78, 5) is 13.0. The van der Waals surface area contributed by atoms with Crippen LogP contribution in [0, 0.1) is 0 Å². The number of aliphatic hydroxyl groups excluding tert-OH is 5. The molecular formula is C38H71NO12S. The Hall–Kier alpha value is -1.46. The van der Waals surface area contributed by atoms with Gasteiger partial charge in [0.2, 0.25) is 5.91 Å². The van der Waals surface area contributed by atoms with Crippen LogP contribution in [0.3, 0.4) is 0 Å². The van der Waals surface area contributed by atoms with Crippen LogP contribution in [0.4, 0.5) is 0 Å². The van der Waals surface area contributed by atoms with Gasteiger partial charge < -0.3 is 40.3 Å². The number of allylic oxidation sites excluding steroid dienone is 3. The number of aliphatic hydroxyl groups is 5. The zero-order chi connectivity index (χ0) is 38.6. The van der Waals surface area contributed by atoms with Crippen LogP contribution in [0.15, 0.2) is 24.3 Å². The van der Waals surface area contributed by atoms with Crippen molar-refractivity contribution in [2.45, 2.75) is 198 Å². The highest BCUT2D eigenvalue weighted by Crippen LogP contribution is 2.26. The maximum absolute atomic E-state index is 13.0. The summed E-state index contributed by atoms with van der Waals surface area (Å²) in [6.45, 7) is 3.11. The number of rotatable bonds is 32. The van der Waals surface area contributed by atoms with Crippen molar-refractivity contribution in [3.8, 4) is 0 Å². The molecule has 0 aromatic rings. The van der Waals surface area contributed by atoms with Gasteiger partial charge >= 0.3 is 10.4 Å². The standard InChI is InChI=1S/C38H71NO12S/c1-3-5-7-9-11-13-14-15-16-17-19-20-22-24-26-31(41)30(39-37(45)32(42)27-25-23-21-18-12-10-8-6-4-2)29-49-38-35(44)36(51-52(46,47)48)34(43)33(28-40)50-38/h10,12,24,26,30-36,38,40-44H,3-9,11,13-23,25,27-29H2,1-2H3,(H,39,45)(H,46,47,48)/b12-10-,26-24+. The quantitative estimate of drug-likeness (QED) is 0.0268. The minimum Gasteiger partial charge on any atom is -0.394 e. The van der Waals surface area contributed by atoms with Crippen molar-refractivity contribution in [2.75, 3.05) is 13.2 Å². The second-order valence-electron chi connectivity index (χ2n) is 14.0. The molecule has 7 N–H and O–H groups in total. The molecular weight excluding hydrogens is 694 g/mol. The highest BCUT2D eigenvalue weighted by Gasteiger charge is 2.48. The molecule has 0 aliphatic carbocycles. The Balaban J connectivity index is 2.71. The minimum absolute atomic E-state index is 0.221. The van der Waals surface area contributed by atoms with Gasteiger partial charge in [0.15, 0.2) is 6.29 Å². The van der Waals surface area contributed by atoms with Gasteiger partial charge in [-0.05, 0) is 38.5 Å². The molecule has 0 saturated carbocycles. The van der Waals surface area contributed by atoms with Crippen molar-refractivity contribution in [2.24, 2.45) is 0 Å². The molecule has 13 nitrogen and oxygen atoms in total. The summed E-state index contributed by atoms with van der Waals surface area (Å²) in [6.07, 6.45) is 18.6. The summed E-state index contributed by atoms with van der Waals surface area (Å²) in [5.74, 6) is -0.720. The predicted molar refractivity (Wildman–Crippen MR) is 201 cm³/mol. The zero-order valence-electron chi connectivity index (χ0n) is 31.7. The summed E-state index contributed by atoms with van der Waals surface area (Å²) in [5, 5.41) is 54.8. The molecule has 1 amide bonds. The van der Waals surface area contributed by atoms with Gasteiger partial charge in [-0.25, -0.2) is 4.18 Å². The van der Waals surface area contributed by atoms with Crippen molar-refractivity contribution < 1.29 is 57.0 Å². The molecule has 306 valence electrons. The fourth-order valence-corrected chi connectivity index (χ4v) is 6.59. The Morgan fingerprint density at radius 3 is 1.85 bits per heavy atom. The molecule has 1 saturated heterocycles. The first kappa shape index (κ1) is 48.6. The van der Waals surface area contributed by atoms with E-state index < -0.39 is 78.5 Å². The molecule has 8 atom stereocenters. The van der Waals surface area contributed by atoms with Gasteiger partial charge in [-0.3, -0.25) is 9.35 Å². The Morgan fingerprint density at radius 1 is 0.769 bits per heavy atom. The van der Waals surface area contributed by atoms with Crippen LogP contribution in [0.2, 0.25) is 0 Å². The smallest absolute Gasteiger partial charge is 0.394 e. The summed E-state index contributed by atoms with van der Waals surface area (Å²) < 4.78 is 47.2. The van der Waals surface area contributed by atoms with E-state index in [2.05, 4.69) is 35.5 Å². The fourth-order valence-electron chi connectivity index (χ4n) is 6.09. The molecule has 8 unspecified atom stereocenters. The lowest BCUT2D eigenvalue weighted by Gasteiger charge is -2.41. The van der Waals surface area contributed by atoms with E-state index in [4.69, 9.17) is 14.0 Å². The highest BCUT2D eigenvalue weighted by molar-refractivity contribution is 7.80. The lowest BCUT2D eigenvalue weighted by molar-refractivity contribution is -0.298. The molecule has 14 heteroatoms. The third-order valence-electron chi connectivity index (χ3n) is 9.33. The van der Waals surface area contributed by atoms with Crippen molar-refractivity contribution in [3.05, 3.63) is 24.3 Å². The molecule has 0 aromatic carbocycles. The van der Waals surface area contributed by atoms with Gasteiger partial charge in [0.05, 0.1) is 25.4 Å². The van der Waals surface area contributed by atoms with Gasteiger partial charge in [0, 0.05) is 0 Å². The molecule has 0 bridgehead atoms. The number of hydrogen-bond acceptors (Lipinski definition) is 11. The summed E-state index contributed by atoms with van der Waals surface area (Å²) in [7, 11) is -5.11. The average molecular weight is 766 g/mol. The Morgan fingerprint density at radius 2 is 1.29 bits per heavy atom. The van der Waals surface area contributed by atoms with E-state index in [1.165, 1.54) is 63.9 Å². The highest BCUT2D eigenvalue weighted by atomic mass is 32.3. The molecule has 0 radical (unpaired) electrons. The monoisotopic (exact) mass is 765 g/mol. The van der Waals surface area contributed by atoms with E-state index in [0.717, 1.165) is 57.8 Å². The Kier molecular flexibility index (Phi) is 27.9.